The Kier molecular flexibility index (Phi) is 3.49. The van der Waals surface area contributed by atoms with Gasteiger partial charge in [0.2, 0.25) is 0 Å². The third kappa shape index (κ3) is 2.72. The zero-order valence-electron chi connectivity index (χ0n) is 6.80. The molecule has 0 aliphatic carbocycles. The number of hydrogen-bond acceptors (Lipinski definition) is 1. The molecular formula is C9H5Cl2FO2. The summed E-state index contributed by atoms with van der Waals surface area (Å²) in [6.45, 7) is 0. The SMILES string of the molecule is O=C(O)/C=C/c1cc(Cl)cc(F)c1Cl. The van der Waals surface area contributed by atoms with Crippen LogP contribution in [0, 0.1) is 5.82 Å². The molecule has 2 nitrogen and oxygen atoms in total. The number of carbonyl (C=O) groups is 1. The number of benzene rings is 1. The van der Waals surface area contributed by atoms with Gasteiger partial charge >= 0.3 is 5.97 Å². The maximum atomic E-state index is 13.0. The number of carboxylic acid groups (broad SMARTS) is 1. The first-order valence-electron chi connectivity index (χ1n) is 3.56. The summed E-state index contributed by atoms with van der Waals surface area (Å²) >= 11 is 11.1. The van der Waals surface area contributed by atoms with Crippen molar-refractivity contribution in [1.29, 1.82) is 0 Å². The molecule has 0 aliphatic heterocycles. The van der Waals surface area contributed by atoms with Crippen LogP contribution in [-0.2, 0) is 4.79 Å². The van der Waals surface area contributed by atoms with Crippen molar-refractivity contribution in [1.82, 2.24) is 0 Å². The first-order valence-corrected chi connectivity index (χ1v) is 4.32. The largest absolute Gasteiger partial charge is 0.478 e. The van der Waals surface area contributed by atoms with E-state index in [9.17, 15) is 9.18 Å². The average molecular weight is 235 g/mol. The lowest BCUT2D eigenvalue weighted by molar-refractivity contribution is -0.131. The molecule has 0 radical (unpaired) electrons. The van der Waals surface area contributed by atoms with Crippen molar-refractivity contribution in [2.45, 2.75) is 0 Å². The van der Waals surface area contributed by atoms with E-state index in [1.54, 1.807) is 0 Å². The molecule has 5 heteroatoms. The van der Waals surface area contributed by atoms with Crippen molar-refractivity contribution in [2.24, 2.45) is 0 Å². The van der Waals surface area contributed by atoms with E-state index in [-0.39, 0.29) is 15.6 Å². The highest BCUT2D eigenvalue weighted by atomic mass is 35.5. The fourth-order valence-corrected chi connectivity index (χ4v) is 1.24. The summed E-state index contributed by atoms with van der Waals surface area (Å²) in [4.78, 5) is 10.2. The van der Waals surface area contributed by atoms with Gasteiger partial charge in [-0.3, -0.25) is 0 Å². The van der Waals surface area contributed by atoms with Gasteiger partial charge < -0.3 is 5.11 Å². The molecule has 74 valence electrons. The Morgan fingerprint density at radius 2 is 2.07 bits per heavy atom. The van der Waals surface area contributed by atoms with Crippen LogP contribution in [0.15, 0.2) is 18.2 Å². The number of halogens is 3. The molecule has 0 unspecified atom stereocenters. The van der Waals surface area contributed by atoms with E-state index in [2.05, 4.69) is 0 Å². The van der Waals surface area contributed by atoms with E-state index in [1.807, 2.05) is 0 Å². The van der Waals surface area contributed by atoms with Crippen molar-refractivity contribution >= 4 is 35.2 Å². The van der Waals surface area contributed by atoms with Gasteiger partial charge in [-0.1, -0.05) is 23.2 Å². The summed E-state index contributed by atoms with van der Waals surface area (Å²) < 4.78 is 13.0. The monoisotopic (exact) mass is 234 g/mol. The summed E-state index contributed by atoms with van der Waals surface area (Å²) in [6.07, 6.45) is 2.04. The van der Waals surface area contributed by atoms with Gasteiger partial charge in [0.05, 0.1) is 5.02 Å². The van der Waals surface area contributed by atoms with E-state index >= 15 is 0 Å². The molecule has 14 heavy (non-hydrogen) atoms. The van der Waals surface area contributed by atoms with Crippen molar-refractivity contribution < 1.29 is 14.3 Å². The van der Waals surface area contributed by atoms with Gasteiger partial charge in [-0.25, -0.2) is 9.18 Å². The van der Waals surface area contributed by atoms with E-state index < -0.39 is 11.8 Å². The van der Waals surface area contributed by atoms with E-state index in [1.165, 1.54) is 12.1 Å². The molecule has 1 N–H and O–H groups in total. The van der Waals surface area contributed by atoms with E-state index in [0.29, 0.717) is 0 Å². The molecule has 0 amide bonds. The topological polar surface area (TPSA) is 37.3 Å². The Morgan fingerprint density at radius 3 is 2.64 bits per heavy atom. The summed E-state index contributed by atoms with van der Waals surface area (Å²) in [5, 5.41) is 8.37. The van der Waals surface area contributed by atoms with E-state index in [0.717, 1.165) is 12.1 Å². The number of aliphatic carboxylic acids is 1. The van der Waals surface area contributed by atoms with Crippen molar-refractivity contribution in [2.75, 3.05) is 0 Å². The van der Waals surface area contributed by atoms with Crippen LogP contribution in [0.2, 0.25) is 10.0 Å². The Labute approximate surface area is 89.6 Å². The fraction of sp³-hybridized carbons (Fsp3) is 0. The van der Waals surface area contributed by atoms with Crippen LogP contribution < -0.4 is 0 Å². The first-order chi connectivity index (χ1) is 6.50. The number of carboxylic acids is 1. The van der Waals surface area contributed by atoms with Crippen LogP contribution in [0.1, 0.15) is 5.56 Å². The van der Waals surface area contributed by atoms with Crippen LogP contribution in [0.25, 0.3) is 6.08 Å². The Morgan fingerprint density at radius 1 is 1.43 bits per heavy atom. The number of hydrogen-bond donors (Lipinski definition) is 1. The molecule has 0 heterocycles. The molecule has 1 rings (SSSR count). The Hall–Kier alpha value is -1.06. The van der Waals surface area contributed by atoms with Crippen LogP contribution in [0.3, 0.4) is 0 Å². The van der Waals surface area contributed by atoms with Gasteiger partial charge in [0.1, 0.15) is 5.82 Å². The molecule has 0 spiro atoms. The minimum Gasteiger partial charge on any atom is -0.478 e. The lowest BCUT2D eigenvalue weighted by Gasteiger charge is -2.00. The Bertz CT molecular complexity index is 402. The highest BCUT2D eigenvalue weighted by molar-refractivity contribution is 6.34. The van der Waals surface area contributed by atoms with Crippen molar-refractivity contribution in [3.05, 3.63) is 39.6 Å². The predicted octanol–water partition coefficient (Wildman–Crippen LogP) is 3.23. The second kappa shape index (κ2) is 4.44. The molecule has 0 aliphatic rings. The third-order valence-electron chi connectivity index (χ3n) is 1.43. The van der Waals surface area contributed by atoms with Crippen molar-refractivity contribution in [3.63, 3.8) is 0 Å². The highest BCUT2D eigenvalue weighted by Gasteiger charge is 2.05. The molecule has 0 saturated carbocycles. The van der Waals surface area contributed by atoms with Crippen molar-refractivity contribution in [3.8, 4) is 0 Å². The standard InChI is InChI=1S/C9H5Cl2FO2/c10-6-3-5(1-2-8(13)14)9(11)7(12)4-6/h1-4H,(H,13,14)/b2-1+. The maximum Gasteiger partial charge on any atom is 0.328 e. The zero-order chi connectivity index (χ0) is 10.7. The third-order valence-corrected chi connectivity index (χ3v) is 2.04. The minimum absolute atomic E-state index is 0.146. The molecular weight excluding hydrogens is 230 g/mol. The Balaban J connectivity index is 3.14. The van der Waals surface area contributed by atoms with Gasteiger partial charge in [-0.05, 0) is 23.8 Å². The van der Waals surface area contributed by atoms with Gasteiger partial charge in [0.15, 0.2) is 0 Å². The number of rotatable bonds is 2. The predicted molar refractivity (Wildman–Crippen MR) is 53.1 cm³/mol. The van der Waals surface area contributed by atoms with Gasteiger partial charge in [0.25, 0.3) is 0 Å². The molecule has 0 bridgehead atoms. The maximum absolute atomic E-state index is 13.0. The average Bonchev–Trinajstić information content (AvgIpc) is 2.08. The van der Waals surface area contributed by atoms with E-state index in [4.69, 9.17) is 28.3 Å². The normalized spacial score (nSPS) is 10.8. The van der Waals surface area contributed by atoms with Gasteiger partial charge in [-0.15, -0.1) is 0 Å². The minimum atomic E-state index is -1.14. The zero-order valence-corrected chi connectivity index (χ0v) is 8.31. The first kappa shape index (κ1) is 11.0. The smallest absolute Gasteiger partial charge is 0.328 e. The van der Waals surface area contributed by atoms with Crippen LogP contribution >= 0.6 is 23.2 Å². The van der Waals surface area contributed by atoms with Crippen LogP contribution in [0.5, 0.6) is 0 Å². The summed E-state index contributed by atoms with van der Waals surface area (Å²) in [6, 6.07) is 2.44. The molecule has 1 aromatic rings. The molecule has 0 saturated heterocycles. The lowest BCUT2D eigenvalue weighted by atomic mass is 10.2. The molecule has 0 atom stereocenters. The lowest BCUT2D eigenvalue weighted by Crippen LogP contribution is -1.87. The summed E-state index contributed by atoms with van der Waals surface area (Å²) in [5.74, 6) is -1.81. The highest BCUT2D eigenvalue weighted by Crippen LogP contribution is 2.25. The fourth-order valence-electron chi connectivity index (χ4n) is 0.858. The van der Waals surface area contributed by atoms with Crippen LogP contribution in [-0.4, -0.2) is 11.1 Å². The summed E-state index contributed by atoms with van der Waals surface area (Å²) in [7, 11) is 0. The second-order valence-corrected chi connectivity index (χ2v) is 3.28. The molecule has 1 aromatic carbocycles. The van der Waals surface area contributed by atoms with Gasteiger partial charge in [-0.2, -0.15) is 0 Å². The van der Waals surface area contributed by atoms with Crippen LogP contribution in [0.4, 0.5) is 4.39 Å². The summed E-state index contributed by atoms with van der Waals surface area (Å²) in [5.41, 5.74) is 0.235. The van der Waals surface area contributed by atoms with Gasteiger partial charge in [0, 0.05) is 11.1 Å². The second-order valence-electron chi connectivity index (χ2n) is 2.46. The quantitative estimate of drug-likeness (QED) is 0.631. The molecule has 0 fully saturated rings. The molecule has 0 aromatic heterocycles.